The molecule has 0 aliphatic carbocycles. The minimum absolute atomic E-state index is 0.612. The van der Waals surface area contributed by atoms with E-state index in [1.54, 1.807) is 0 Å². The molecule has 3 aromatic heterocycles. The molecule has 0 spiro atoms. The number of para-hydroxylation sites is 3. The van der Waals surface area contributed by atoms with Gasteiger partial charge in [-0.25, -0.2) is 15.0 Å². The van der Waals surface area contributed by atoms with Gasteiger partial charge in [0.1, 0.15) is 11.2 Å². The topological polar surface area (TPSA) is 56.7 Å². The third kappa shape index (κ3) is 4.60. The Morgan fingerprint density at radius 2 is 0.940 bits per heavy atom. The molecular weight excluding hydrogens is 613 g/mol. The van der Waals surface area contributed by atoms with E-state index in [0.717, 1.165) is 66.5 Å². The number of aromatic nitrogens is 4. The Bertz CT molecular complexity index is 2800. The van der Waals surface area contributed by atoms with Gasteiger partial charge < -0.3 is 8.98 Å². The molecule has 0 unspecified atom stereocenters. The fraction of sp³-hybridized carbons (Fsp3) is 0. The van der Waals surface area contributed by atoms with E-state index in [4.69, 9.17) is 19.4 Å². The first-order valence-corrected chi connectivity index (χ1v) is 16.7. The smallest absolute Gasteiger partial charge is 0.164 e. The molecule has 0 fully saturated rings. The van der Waals surface area contributed by atoms with Gasteiger partial charge in [0.15, 0.2) is 17.5 Å². The lowest BCUT2D eigenvalue weighted by atomic mass is 9.95. The molecule has 0 atom stereocenters. The number of furan rings is 1. The Morgan fingerprint density at radius 1 is 0.380 bits per heavy atom. The van der Waals surface area contributed by atoms with Gasteiger partial charge in [-0.15, -0.1) is 0 Å². The van der Waals surface area contributed by atoms with Gasteiger partial charge in [-0.1, -0.05) is 121 Å². The van der Waals surface area contributed by atoms with Crippen LogP contribution in [-0.4, -0.2) is 19.5 Å². The number of fused-ring (bicyclic) bond motifs is 6. The van der Waals surface area contributed by atoms with Gasteiger partial charge in [0, 0.05) is 43.9 Å². The lowest BCUT2D eigenvalue weighted by molar-refractivity contribution is 0.669. The quantitative estimate of drug-likeness (QED) is 0.188. The highest BCUT2D eigenvalue weighted by Gasteiger charge is 2.21. The van der Waals surface area contributed by atoms with E-state index in [9.17, 15) is 0 Å². The normalized spacial score (nSPS) is 11.6. The molecule has 3 heterocycles. The molecule has 0 saturated heterocycles. The molecule has 5 heteroatoms. The van der Waals surface area contributed by atoms with Gasteiger partial charge >= 0.3 is 0 Å². The van der Waals surface area contributed by atoms with Gasteiger partial charge in [0.05, 0.1) is 11.0 Å². The van der Waals surface area contributed by atoms with Crippen molar-refractivity contribution in [2.75, 3.05) is 0 Å². The number of rotatable bonds is 5. The molecule has 0 N–H and O–H groups in total. The maximum absolute atomic E-state index is 6.24. The van der Waals surface area contributed by atoms with Gasteiger partial charge in [-0.3, -0.25) is 0 Å². The first-order chi connectivity index (χ1) is 24.8. The summed E-state index contributed by atoms with van der Waals surface area (Å²) in [7, 11) is 0. The van der Waals surface area contributed by atoms with Crippen LogP contribution in [-0.2, 0) is 0 Å². The van der Waals surface area contributed by atoms with Gasteiger partial charge in [0.2, 0.25) is 0 Å². The minimum atomic E-state index is 0.612. The molecule has 234 valence electrons. The zero-order valence-electron chi connectivity index (χ0n) is 26.9. The summed E-state index contributed by atoms with van der Waals surface area (Å²) in [6, 6.07) is 58.6. The van der Waals surface area contributed by atoms with E-state index in [0.29, 0.717) is 17.5 Å². The summed E-state index contributed by atoms with van der Waals surface area (Å²) in [4.78, 5) is 15.2. The van der Waals surface area contributed by atoms with Crippen molar-refractivity contribution in [3.05, 3.63) is 170 Å². The van der Waals surface area contributed by atoms with Crippen molar-refractivity contribution < 1.29 is 4.42 Å². The number of hydrogen-bond acceptors (Lipinski definition) is 4. The summed E-state index contributed by atoms with van der Waals surface area (Å²) in [6.07, 6.45) is 0. The first-order valence-electron chi connectivity index (χ1n) is 16.7. The molecule has 50 heavy (non-hydrogen) atoms. The lowest BCUT2D eigenvalue weighted by Crippen LogP contribution is -2.01. The number of benzene rings is 7. The van der Waals surface area contributed by atoms with Gasteiger partial charge in [-0.2, -0.15) is 0 Å². The van der Waals surface area contributed by atoms with Crippen molar-refractivity contribution >= 4 is 43.7 Å². The molecule has 0 aliphatic heterocycles. The van der Waals surface area contributed by atoms with E-state index in [1.165, 1.54) is 10.8 Å². The molecule has 7 aromatic carbocycles. The summed E-state index contributed by atoms with van der Waals surface area (Å²) >= 11 is 0. The average Bonchev–Trinajstić information content (AvgIpc) is 3.74. The van der Waals surface area contributed by atoms with Crippen LogP contribution in [0.2, 0.25) is 0 Å². The zero-order valence-corrected chi connectivity index (χ0v) is 26.9. The van der Waals surface area contributed by atoms with E-state index >= 15 is 0 Å². The highest BCUT2D eigenvalue weighted by atomic mass is 16.3. The second kappa shape index (κ2) is 11.4. The standard InChI is InChI=1S/C45H28N4O/c1-4-14-29(15-5-1)43-46-44(30-16-6-2-7-17-30)48-45(47-43)32-27-36(31-24-25-41-37(26-31)34-20-11-13-23-40(34)50-41)42-35-21-10-12-22-38(35)49(39(42)28-32)33-18-8-3-9-19-33/h1-28H. The van der Waals surface area contributed by atoms with Crippen molar-refractivity contribution in [3.8, 4) is 51.0 Å². The van der Waals surface area contributed by atoms with Crippen LogP contribution in [0.5, 0.6) is 0 Å². The van der Waals surface area contributed by atoms with Crippen LogP contribution in [0.15, 0.2) is 174 Å². The molecule has 0 saturated carbocycles. The van der Waals surface area contributed by atoms with E-state index in [2.05, 4.69) is 102 Å². The molecule has 0 amide bonds. The van der Waals surface area contributed by atoms with Crippen LogP contribution in [0, 0.1) is 0 Å². The average molecular weight is 641 g/mol. The Labute approximate surface area is 287 Å². The maximum Gasteiger partial charge on any atom is 0.164 e. The van der Waals surface area contributed by atoms with Crippen LogP contribution in [0.3, 0.4) is 0 Å². The van der Waals surface area contributed by atoms with E-state index < -0.39 is 0 Å². The minimum Gasteiger partial charge on any atom is -0.456 e. The first kappa shape index (κ1) is 28.2. The summed E-state index contributed by atoms with van der Waals surface area (Å²) < 4.78 is 8.58. The molecule has 0 aliphatic rings. The Morgan fingerprint density at radius 3 is 1.64 bits per heavy atom. The molecule has 10 rings (SSSR count). The third-order valence-electron chi connectivity index (χ3n) is 9.43. The summed E-state index contributed by atoms with van der Waals surface area (Å²) in [5.74, 6) is 1.87. The molecule has 10 aromatic rings. The highest BCUT2D eigenvalue weighted by molar-refractivity contribution is 6.17. The van der Waals surface area contributed by atoms with Crippen molar-refractivity contribution in [1.29, 1.82) is 0 Å². The second-order valence-electron chi connectivity index (χ2n) is 12.5. The Hall–Kier alpha value is -6.85. The Balaban J connectivity index is 1.31. The monoisotopic (exact) mass is 640 g/mol. The molecule has 5 nitrogen and oxygen atoms in total. The lowest BCUT2D eigenvalue weighted by Gasteiger charge is -2.13. The maximum atomic E-state index is 6.24. The number of nitrogens with zero attached hydrogens (tertiary/aromatic N) is 4. The Kier molecular flexibility index (Phi) is 6.42. The predicted octanol–water partition coefficient (Wildman–Crippen LogP) is 11.5. The van der Waals surface area contributed by atoms with Crippen LogP contribution in [0.1, 0.15) is 0 Å². The SMILES string of the molecule is c1ccc(-c2nc(-c3ccccc3)nc(-c3cc(-c4ccc5oc6ccccc6c5c4)c4c5ccccc5n(-c5ccccc5)c4c3)n2)cc1. The van der Waals surface area contributed by atoms with Crippen molar-refractivity contribution in [2.45, 2.75) is 0 Å². The molecule has 0 radical (unpaired) electrons. The van der Waals surface area contributed by atoms with Crippen LogP contribution in [0.4, 0.5) is 0 Å². The highest BCUT2D eigenvalue weighted by Crippen LogP contribution is 2.43. The van der Waals surface area contributed by atoms with Crippen LogP contribution < -0.4 is 0 Å². The van der Waals surface area contributed by atoms with Crippen molar-refractivity contribution in [2.24, 2.45) is 0 Å². The summed E-state index contributed by atoms with van der Waals surface area (Å²) in [5.41, 5.74) is 10.0. The molecule has 0 bridgehead atoms. The van der Waals surface area contributed by atoms with Gasteiger partial charge in [0.25, 0.3) is 0 Å². The predicted molar refractivity (Wildman–Crippen MR) is 203 cm³/mol. The largest absolute Gasteiger partial charge is 0.456 e. The zero-order chi connectivity index (χ0) is 33.0. The summed E-state index contributed by atoms with van der Waals surface area (Å²) in [6.45, 7) is 0. The van der Waals surface area contributed by atoms with Crippen molar-refractivity contribution in [1.82, 2.24) is 19.5 Å². The second-order valence-corrected chi connectivity index (χ2v) is 12.5. The van der Waals surface area contributed by atoms with Gasteiger partial charge in [-0.05, 0) is 59.7 Å². The fourth-order valence-electron chi connectivity index (χ4n) is 7.14. The van der Waals surface area contributed by atoms with Crippen LogP contribution >= 0.6 is 0 Å². The fourth-order valence-corrected chi connectivity index (χ4v) is 7.14. The third-order valence-corrected chi connectivity index (χ3v) is 9.43. The van der Waals surface area contributed by atoms with E-state index in [1.807, 2.05) is 72.8 Å². The van der Waals surface area contributed by atoms with Crippen molar-refractivity contribution in [3.63, 3.8) is 0 Å². The molecular formula is C45H28N4O. The van der Waals surface area contributed by atoms with E-state index in [-0.39, 0.29) is 0 Å². The summed E-state index contributed by atoms with van der Waals surface area (Å²) in [5, 5.41) is 4.53. The number of hydrogen-bond donors (Lipinski definition) is 0. The van der Waals surface area contributed by atoms with Crippen LogP contribution in [0.25, 0.3) is 94.7 Å².